The smallest absolute Gasteiger partial charge is 0.335 e. The largest absolute Gasteiger partial charge is 0.478 e. The molecule has 0 radical (unpaired) electrons. The zero-order valence-corrected chi connectivity index (χ0v) is 14.7. The molecular weight excluding hydrogens is 312 g/mol. The monoisotopic (exact) mass is 332 g/mol. The van der Waals surface area contributed by atoms with Crippen molar-refractivity contribution in [2.24, 2.45) is 0 Å². The normalized spacial score (nSPS) is 11.3. The van der Waals surface area contributed by atoms with Crippen LogP contribution in [0.2, 0.25) is 0 Å². The highest BCUT2D eigenvalue weighted by Crippen LogP contribution is 2.27. The standard InChI is InChI=1S/C17H20N2O3S/c1-9-6-12(8-13(7-9)15(21)22)14(20)19-17(4,5)16-18-10(2)11(3)23-16/h6-8H,1-5H3,(H,19,20)(H,21,22). The first kappa shape index (κ1) is 17.1. The molecule has 2 aromatic rings. The zero-order chi connectivity index (χ0) is 17.4. The molecule has 1 aromatic carbocycles. The lowest BCUT2D eigenvalue weighted by molar-refractivity contribution is 0.0696. The molecule has 1 amide bonds. The first-order chi connectivity index (χ1) is 10.6. The number of amides is 1. The van der Waals surface area contributed by atoms with Gasteiger partial charge in [-0.3, -0.25) is 4.79 Å². The zero-order valence-electron chi connectivity index (χ0n) is 13.9. The molecule has 0 saturated carbocycles. The number of carboxylic acid groups (broad SMARTS) is 1. The Labute approximate surface area is 139 Å². The predicted molar refractivity (Wildman–Crippen MR) is 90.2 cm³/mol. The van der Waals surface area contributed by atoms with Gasteiger partial charge in [0.25, 0.3) is 5.91 Å². The van der Waals surface area contributed by atoms with Gasteiger partial charge >= 0.3 is 5.97 Å². The fourth-order valence-electron chi connectivity index (χ4n) is 2.19. The Hall–Kier alpha value is -2.21. The number of carbonyl (C=O) groups excluding carboxylic acids is 1. The van der Waals surface area contributed by atoms with E-state index in [-0.39, 0.29) is 11.5 Å². The Kier molecular flexibility index (Phi) is 4.56. The third-order valence-corrected chi connectivity index (χ3v) is 4.97. The molecule has 0 fully saturated rings. The summed E-state index contributed by atoms with van der Waals surface area (Å²) in [5.74, 6) is -1.36. The van der Waals surface area contributed by atoms with E-state index in [1.165, 1.54) is 12.1 Å². The predicted octanol–water partition coefficient (Wildman–Crippen LogP) is 3.43. The van der Waals surface area contributed by atoms with Crippen LogP contribution >= 0.6 is 11.3 Å². The van der Waals surface area contributed by atoms with Crippen molar-refractivity contribution < 1.29 is 14.7 Å². The Morgan fingerprint density at radius 2 is 1.74 bits per heavy atom. The molecule has 122 valence electrons. The van der Waals surface area contributed by atoms with Crippen LogP contribution in [0.15, 0.2) is 18.2 Å². The SMILES string of the molecule is Cc1cc(C(=O)O)cc(C(=O)NC(C)(C)c2nc(C)c(C)s2)c1. The van der Waals surface area contributed by atoms with Gasteiger partial charge in [-0.05, 0) is 58.4 Å². The molecule has 1 aromatic heterocycles. The summed E-state index contributed by atoms with van der Waals surface area (Å²) in [4.78, 5) is 29.3. The lowest BCUT2D eigenvalue weighted by Crippen LogP contribution is -2.41. The van der Waals surface area contributed by atoms with Gasteiger partial charge in [-0.1, -0.05) is 0 Å². The fraction of sp³-hybridized carbons (Fsp3) is 0.353. The van der Waals surface area contributed by atoms with E-state index in [2.05, 4.69) is 10.3 Å². The van der Waals surface area contributed by atoms with Gasteiger partial charge in [-0.15, -0.1) is 11.3 Å². The van der Waals surface area contributed by atoms with Crippen molar-refractivity contribution in [2.45, 2.75) is 40.2 Å². The lowest BCUT2D eigenvalue weighted by atomic mass is 10.0. The molecule has 1 heterocycles. The number of nitrogens with zero attached hydrogens (tertiary/aromatic N) is 1. The number of aromatic nitrogens is 1. The maximum Gasteiger partial charge on any atom is 0.335 e. The van der Waals surface area contributed by atoms with Gasteiger partial charge in [0.15, 0.2) is 0 Å². The molecule has 0 aliphatic heterocycles. The van der Waals surface area contributed by atoms with E-state index in [0.717, 1.165) is 21.1 Å². The number of thiazole rings is 1. The number of benzene rings is 1. The maximum atomic E-state index is 12.5. The van der Waals surface area contributed by atoms with E-state index in [1.54, 1.807) is 24.3 Å². The quantitative estimate of drug-likeness (QED) is 0.899. The first-order valence-electron chi connectivity index (χ1n) is 7.22. The molecule has 0 aliphatic rings. The van der Waals surface area contributed by atoms with Crippen LogP contribution in [-0.4, -0.2) is 22.0 Å². The van der Waals surface area contributed by atoms with Crippen molar-refractivity contribution in [3.8, 4) is 0 Å². The van der Waals surface area contributed by atoms with E-state index in [1.807, 2.05) is 27.7 Å². The van der Waals surface area contributed by atoms with Gasteiger partial charge in [0.2, 0.25) is 0 Å². The van der Waals surface area contributed by atoms with Crippen molar-refractivity contribution in [1.29, 1.82) is 0 Å². The van der Waals surface area contributed by atoms with Crippen molar-refractivity contribution in [3.63, 3.8) is 0 Å². The second kappa shape index (κ2) is 6.12. The molecule has 0 atom stereocenters. The summed E-state index contributed by atoms with van der Waals surface area (Å²) < 4.78 is 0. The molecule has 2 rings (SSSR count). The Balaban J connectivity index is 2.29. The van der Waals surface area contributed by atoms with Gasteiger partial charge in [0.05, 0.1) is 16.8 Å². The molecule has 6 heteroatoms. The van der Waals surface area contributed by atoms with Crippen molar-refractivity contribution >= 4 is 23.2 Å². The molecule has 0 unspecified atom stereocenters. The highest BCUT2D eigenvalue weighted by Gasteiger charge is 2.27. The second-order valence-electron chi connectivity index (χ2n) is 6.13. The van der Waals surface area contributed by atoms with Gasteiger partial charge in [-0.25, -0.2) is 9.78 Å². The number of hydrogen-bond acceptors (Lipinski definition) is 4. The van der Waals surface area contributed by atoms with Gasteiger partial charge in [0, 0.05) is 10.4 Å². The summed E-state index contributed by atoms with van der Waals surface area (Å²) in [6, 6.07) is 4.60. The highest BCUT2D eigenvalue weighted by molar-refractivity contribution is 7.11. The van der Waals surface area contributed by atoms with E-state index >= 15 is 0 Å². The maximum absolute atomic E-state index is 12.5. The molecule has 2 N–H and O–H groups in total. The third-order valence-electron chi connectivity index (χ3n) is 3.58. The van der Waals surface area contributed by atoms with E-state index < -0.39 is 11.5 Å². The average Bonchev–Trinajstić information content (AvgIpc) is 2.78. The first-order valence-corrected chi connectivity index (χ1v) is 8.04. The summed E-state index contributed by atoms with van der Waals surface area (Å²) in [7, 11) is 0. The number of hydrogen-bond donors (Lipinski definition) is 2. The summed E-state index contributed by atoms with van der Waals surface area (Å²) in [5.41, 5.74) is 1.49. The van der Waals surface area contributed by atoms with Crippen LogP contribution in [0.4, 0.5) is 0 Å². The molecule has 0 aliphatic carbocycles. The highest BCUT2D eigenvalue weighted by atomic mass is 32.1. The van der Waals surface area contributed by atoms with Crippen molar-refractivity contribution in [3.05, 3.63) is 50.5 Å². The number of aromatic carboxylic acids is 1. The molecule has 0 saturated heterocycles. The molecule has 5 nitrogen and oxygen atoms in total. The van der Waals surface area contributed by atoms with Gasteiger partial charge in [-0.2, -0.15) is 0 Å². The molecular formula is C17H20N2O3S. The van der Waals surface area contributed by atoms with Crippen LogP contribution in [0.3, 0.4) is 0 Å². The average molecular weight is 332 g/mol. The summed E-state index contributed by atoms with van der Waals surface area (Å²) in [5, 5.41) is 12.9. The van der Waals surface area contributed by atoms with Gasteiger partial charge < -0.3 is 10.4 Å². The number of nitrogens with one attached hydrogen (secondary N) is 1. The topological polar surface area (TPSA) is 79.3 Å². The van der Waals surface area contributed by atoms with Crippen LogP contribution in [-0.2, 0) is 5.54 Å². The number of carboxylic acids is 1. The number of rotatable bonds is 4. The Morgan fingerprint density at radius 1 is 1.13 bits per heavy atom. The fourth-order valence-corrected chi connectivity index (χ4v) is 3.16. The Bertz CT molecular complexity index is 759. The van der Waals surface area contributed by atoms with Crippen LogP contribution in [0.5, 0.6) is 0 Å². The summed E-state index contributed by atoms with van der Waals surface area (Å²) >= 11 is 1.55. The van der Waals surface area contributed by atoms with Crippen LogP contribution in [0.25, 0.3) is 0 Å². The van der Waals surface area contributed by atoms with Crippen LogP contribution in [0, 0.1) is 20.8 Å². The third kappa shape index (κ3) is 3.76. The molecule has 0 spiro atoms. The number of carbonyl (C=O) groups is 2. The minimum absolute atomic E-state index is 0.105. The molecule has 0 bridgehead atoms. The lowest BCUT2D eigenvalue weighted by Gasteiger charge is -2.24. The summed E-state index contributed by atoms with van der Waals surface area (Å²) in [6.45, 7) is 9.47. The second-order valence-corrected chi connectivity index (χ2v) is 7.34. The number of aryl methyl sites for hydroxylation is 3. The van der Waals surface area contributed by atoms with Crippen molar-refractivity contribution in [1.82, 2.24) is 10.3 Å². The van der Waals surface area contributed by atoms with Crippen LogP contribution in [0.1, 0.15) is 55.7 Å². The van der Waals surface area contributed by atoms with E-state index in [4.69, 9.17) is 5.11 Å². The van der Waals surface area contributed by atoms with Crippen molar-refractivity contribution in [2.75, 3.05) is 0 Å². The van der Waals surface area contributed by atoms with Gasteiger partial charge in [0.1, 0.15) is 5.01 Å². The summed E-state index contributed by atoms with van der Waals surface area (Å²) in [6.07, 6.45) is 0. The van der Waals surface area contributed by atoms with E-state index in [0.29, 0.717) is 5.56 Å². The molecule has 23 heavy (non-hydrogen) atoms. The van der Waals surface area contributed by atoms with Crippen LogP contribution < -0.4 is 5.32 Å². The minimum Gasteiger partial charge on any atom is -0.478 e. The van der Waals surface area contributed by atoms with E-state index in [9.17, 15) is 9.59 Å². The Morgan fingerprint density at radius 3 is 2.26 bits per heavy atom. The minimum atomic E-state index is -1.05.